The Kier molecular flexibility index (Phi) is 2.32. The summed E-state index contributed by atoms with van der Waals surface area (Å²) < 4.78 is 1.35. The van der Waals surface area contributed by atoms with Gasteiger partial charge in [0.05, 0.1) is 6.42 Å². The van der Waals surface area contributed by atoms with E-state index in [1.54, 1.807) is 13.1 Å². The fraction of sp³-hybridized carbons (Fsp3) is 0.429. The summed E-state index contributed by atoms with van der Waals surface area (Å²) in [5, 5.41) is 8.35. The fourth-order valence-corrected chi connectivity index (χ4v) is 0.947. The van der Waals surface area contributed by atoms with E-state index < -0.39 is 5.97 Å². The van der Waals surface area contributed by atoms with Gasteiger partial charge in [-0.2, -0.15) is 0 Å². The van der Waals surface area contributed by atoms with Crippen molar-refractivity contribution in [1.29, 1.82) is 0 Å². The molecule has 5 nitrogen and oxygen atoms in total. The van der Waals surface area contributed by atoms with E-state index in [2.05, 4.69) is 4.98 Å². The second kappa shape index (κ2) is 3.25. The van der Waals surface area contributed by atoms with Crippen LogP contribution in [0.2, 0.25) is 0 Å². The smallest absolute Gasteiger partial charge is 0.325 e. The molecule has 1 aromatic heterocycles. The molecular weight excluding hydrogens is 160 g/mol. The molecule has 1 aromatic rings. The quantitative estimate of drug-likeness (QED) is 0.668. The predicted octanol–water partition coefficient (Wildman–Crippen LogP) is -0.0405. The summed E-state index contributed by atoms with van der Waals surface area (Å²) in [6.07, 6.45) is 1.57. The minimum atomic E-state index is -0.902. The molecule has 0 unspecified atom stereocenters. The lowest BCUT2D eigenvalue weighted by Crippen LogP contribution is -2.17. The van der Waals surface area contributed by atoms with Gasteiger partial charge in [0, 0.05) is 18.4 Å². The van der Waals surface area contributed by atoms with E-state index in [0.717, 1.165) is 5.69 Å². The number of carbonyl (C=O) groups is 1. The lowest BCUT2D eigenvalue weighted by molar-refractivity contribution is -0.137. The number of aromatic amines is 1. The molecule has 0 saturated carbocycles. The molecule has 5 heteroatoms. The van der Waals surface area contributed by atoms with E-state index >= 15 is 0 Å². The Balaban J connectivity index is 2.69. The van der Waals surface area contributed by atoms with Gasteiger partial charge >= 0.3 is 11.7 Å². The third-order valence-electron chi connectivity index (χ3n) is 1.48. The molecule has 0 amide bonds. The van der Waals surface area contributed by atoms with Gasteiger partial charge in [0.2, 0.25) is 0 Å². The van der Waals surface area contributed by atoms with E-state index in [-0.39, 0.29) is 18.7 Å². The Morgan fingerprint density at radius 1 is 1.75 bits per heavy atom. The van der Waals surface area contributed by atoms with Gasteiger partial charge in [0.15, 0.2) is 0 Å². The molecule has 0 aromatic carbocycles. The molecule has 0 saturated heterocycles. The van der Waals surface area contributed by atoms with Crippen LogP contribution in [0.1, 0.15) is 12.1 Å². The zero-order chi connectivity index (χ0) is 9.14. The van der Waals surface area contributed by atoms with Gasteiger partial charge in [-0.1, -0.05) is 0 Å². The molecule has 0 fully saturated rings. The molecule has 66 valence electrons. The summed E-state index contributed by atoms with van der Waals surface area (Å²) in [6.45, 7) is 1.97. The fourth-order valence-electron chi connectivity index (χ4n) is 0.947. The molecule has 1 heterocycles. The number of imidazole rings is 1. The Morgan fingerprint density at radius 3 is 2.83 bits per heavy atom. The predicted molar refractivity (Wildman–Crippen MR) is 42.0 cm³/mol. The van der Waals surface area contributed by atoms with Crippen LogP contribution in [0.4, 0.5) is 0 Å². The van der Waals surface area contributed by atoms with Crippen LogP contribution in [0, 0.1) is 6.92 Å². The second-order valence-electron chi connectivity index (χ2n) is 2.58. The summed E-state index contributed by atoms with van der Waals surface area (Å²) in [5.41, 5.74) is 0.485. The molecular formula is C7H10N2O3. The molecule has 0 aliphatic rings. The van der Waals surface area contributed by atoms with Crippen LogP contribution in [-0.2, 0) is 11.3 Å². The average molecular weight is 170 g/mol. The van der Waals surface area contributed by atoms with E-state index in [9.17, 15) is 9.59 Å². The monoisotopic (exact) mass is 170 g/mol. The standard InChI is InChI=1S/C7H10N2O3/c1-5-4-9(7(12)8-5)3-2-6(10)11/h4H,2-3H2,1H3,(H,8,12)(H,10,11). The minimum absolute atomic E-state index is 0.0306. The van der Waals surface area contributed by atoms with Crippen molar-refractivity contribution in [2.45, 2.75) is 19.9 Å². The number of aliphatic carboxylic acids is 1. The van der Waals surface area contributed by atoms with Gasteiger partial charge in [0.25, 0.3) is 0 Å². The first-order valence-electron chi connectivity index (χ1n) is 3.57. The number of hydrogen-bond donors (Lipinski definition) is 2. The van der Waals surface area contributed by atoms with Gasteiger partial charge in [-0.15, -0.1) is 0 Å². The lowest BCUT2D eigenvalue weighted by Gasteiger charge is -1.94. The summed E-state index contributed by atoms with van der Waals surface area (Å²) in [4.78, 5) is 23.7. The van der Waals surface area contributed by atoms with Crippen molar-refractivity contribution in [3.8, 4) is 0 Å². The Bertz CT molecular complexity index is 337. The van der Waals surface area contributed by atoms with Crippen LogP contribution in [0.3, 0.4) is 0 Å². The maximum absolute atomic E-state index is 11.0. The van der Waals surface area contributed by atoms with Gasteiger partial charge in [0.1, 0.15) is 0 Å². The highest BCUT2D eigenvalue weighted by atomic mass is 16.4. The second-order valence-corrected chi connectivity index (χ2v) is 2.58. The first kappa shape index (κ1) is 8.58. The average Bonchev–Trinajstić information content (AvgIpc) is 2.26. The van der Waals surface area contributed by atoms with Crippen LogP contribution in [0.15, 0.2) is 11.0 Å². The van der Waals surface area contributed by atoms with Gasteiger partial charge in [-0.3, -0.25) is 9.36 Å². The van der Waals surface area contributed by atoms with Crippen molar-refractivity contribution in [1.82, 2.24) is 9.55 Å². The van der Waals surface area contributed by atoms with Crippen LogP contribution in [0.25, 0.3) is 0 Å². The molecule has 0 bridgehead atoms. The number of H-pyrrole nitrogens is 1. The van der Waals surface area contributed by atoms with Gasteiger partial charge in [-0.25, -0.2) is 4.79 Å². The number of rotatable bonds is 3. The zero-order valence-corrected chi connectivity index (χ0v) is 6.70. The van der Waals surface area contributed by atoms with E-state index in [4.69, 9.17) is 5.11 Å². The summed E-state index contributed by atoms with van der Waals surface area (Å²) in [6, 6.07) is 0. The molecule has 0 atom stereocenters. The SMILES string of the molecule is Cc1cn(CCC(=O)O)c(=O)[nH]1. The highest BCUT2D eigenvalue weighted by Gasteiger charge is 2.01. The number of hydrogen-bond acceptors (Lipinski definition) is 2. The Hall–Kier alpha value is -1.52. The molecule has 12 heavy (non-hydrogen) atoms. The Morgan fingerprint density at radius 2 is 2.42 bits per heavy atom. The normalized spacial score (nSPS) is 10.1. The summed E-state index contributed by atoms with van der Waals surface area (Å²) >= 11 is 0. The third-order valence-corrected chi connectivity index (χ3v) is 1.48. The number of nitrogens with zero attached hydrogens (tertiary/aromatic N) is 1. The van der Waals surface area contributed by atoms with Crippen molar-refractivity contribution in [3.63, 3.8) is 0 Å². The van der Waals surface area contributed by atoms with Crippen LogP contribution < -0.4 is 5.69 Å². The van der Waals surface area contributed by atoms with Crippen LogP contribution in [0.5, 0.6) is 0 Å². The minimum Gasteiger partial charge on any atom is -0.481 e. The maximum atomic E-state index is 11.0. The highest BCUT2D eigenvalue weighted by Crippen LogP contribution is 1.90. The largest absolute Gasteiger partial charge is 0.481 e. The molecule has 0 aliphatic carbocycles. The van der Waals surface area contributed by atoms with Crippen LogP contribution >= 0.6 is 0 Å². The Labute approximate surface area is 68.6 Å². The molecule has 1 rings (SSSR count). The van der Waals surface area contributed by atoms with E-state index in [1.807, 2.05) is 0 Å². The number of aryl methyl sites for hydroxylation is 2. The molecule has 0 radical (unpaired) electrons. The first-order valence-corrected chi connectivity index (χ1v) is 3.57. The van der Waals surface area contributed by atoms with E-state index in [0.29, 0.717) is 0 Å². The topological polar surface area (TPSA) is 75.1 Å². The zero-order valence-electron chi connectivity index (χ0n) is 6.70. The van der Waals surface area contributed by atoms with Crippen molar-refractivity contribution < 1.29 is 9.90 Å². The van der Waals surface area contributed by atoms with Crippen molar-refractivity contribution in [2.24, 2.45) is 0 Å². The van der Waals surface area contributed by atoms with Crippen LogP contribution in [-0.4, -0.2) is 20.6 Å². The van der Waals surface area contributed by atoms with Crippen molar-refractivity contribution >= 4 is 5.97 Å². The van der Waals surface area contributed by atoms with E-state index in [1.165, 1.54) is 4.57 Å². The third kappa shape index (κ3) is 1.98. The number of carboxylic acid groups (broad SMARTS) is 1. The molecule has 0 spiro atoms. The summed E-state index contributed by atoms with van der Waals surface area (Å²) in [7, 11) is 0. The van der Waals surface area contributed by atoms with Gasteiger partial charge in [-0.05, 0) is 6.92 Å². The number of carboxylic acids is 1. The lowest BCUT2D eigenvalue weighted by atomic mass is 10.4. The highest BCUT2D eigenvalue weighted by molar-refractivity contribution is 5.66. The number of nitrogens with one attached hydrogen (secondary N) is 1. The van der Waals surface area contributed by atoms with Crippen molar-refractivity contribution in [2.75, 3.05) is 0 Å². The molecule has 2 N–H and O–H groups in total. The first-order chi connectivity index (χ1) is 5.59. The summed E-state index contributed by atoms with van der Waals surface area (Å²) in [5.74, 6) is -0.902. The van der Waals surface area contributed by atoms with Gasteiger partial charge < -0.3 is 10.1 Å². The maximum Gasteiger partial charge on any atom is 0.325 e. The van der Waals surface area contributed by atoms with Crippen molar-refractivity contribution in [3.05, 3.63) is 22.4 Å². The molecule has 0 aliphatic heterocycles. The number of aromatic nitrogens is 2.